The van der Waals surface area contributed by atoms with Gasteiger partial charge in [0.15, 0.2) is 0 Å². The number of aromatic nitrogens is 6. The van der Waals surface area contributed by atoms with E-state index >= 15 is 0 Å². The smallest absolute Gasteiger partial charge is 0.247 e. The Labute approximate surface area is 147 Å². The van der Waals surface area contributed by atoms with E-state index in [-0.39, 0.29) is 5.25 Å². The second-order valence-electron chi connectivity index (χ2n) is 5.27. The zero-order valence-electron chi connectivity index (χ0n) is 13.3. The highest BCUT2D eigenvalue weighted by Crippen LogP contribution is 2.33. The SMILES string of the molecule is C[C@@H](Sc1nnnn1Cc1ccco1)c1nnc(-c2ccccc2)o1. The number of hydrogen-bond acceptors (Lipinski definition) is 8. The van der Waals surface area contributed by atoms with Gasteiger partial charge >= 0.3 is 0 Å². The molecule has 4 aromatic rings. The molecule has 0 unspecified atom stereocenters. The van der Waals surface area contributed by atoms with Crippen molar-refractivity contribution < 1.29 is 8.83 Å². The topological polar surface area (TPSA) is 95.7 Å². The molecule has 0 saturated heterocycles. The van der Waals surface area contributed by atoms with Gasteiger partial charge in [-0.2, -0.15) is 0 Å². The van der Waals surface area contributed by atoms with Crippen molar-refractivity contribution in [1.82, 2.24) is 30.4 Å². The van der Waals surface area contributed by atoms with Gasteiger partial charge in [-0.05, 0) is 41.6 Å². The van der Waals surface area contributed by atoms with E-state index in [4.69, 9.17) is 8.83 Å². The number of nitrogens with zero attached hydrogens (tertiary/aromatic N) is 6. The van der Waals surface area contributed by atoms with Gasteiger partial charge in [0, 0.05) is 5.56 Å². The zero-order chi connectivity index (χ0) is 17.1. The monoisotopic (exact) mass is 354 g/mol. The minimum atomic E-state index is -0.0914. The maximum atomic E-state index is 5.79. The first-order valence-corrected chi connectivity index (χ1v) is 8.51. The summed E-state index contributed by atoms with van der Waals surface area (Å²) in [5, 5.41) is 20.6. The largest absolute Gasteiger partial charge is 0.467 e. The van der Waals surface area contributed by atoms with E-state index in [1.807, 2.05) is 49.4 Å². The Bertz CT molecular complexity index is 935. The van der Waals surface area contributed by atoms with Crippen LogP contribution in [0.2, 0.25) is 0 Å². The fourth-order valence-electron chi connectivity index (χ4n) is 2.24. The molecule has 3 heterocycles. The van der Waals surface area contributed by atoms with E-state index in [0.29, 0.717) is 23.5 Å². The van der Waals surface area contributed by atoms with E-state index in [2.05, 4.69) is 25.7 Å². The van der Waals surface area contributed by atoms with E-state index < -0.39 is 0 Å². The normalized spacial score (nSPS) is 12.4. The molecule has 1 aromatic carbocycles. The third kappa shape index (κ3) is 3.45. The molecular weight excluding hydrogens is 340 g/mol. The number of rotatable bonds is 6. The lowest BCUT2D eigenvalue weighted by Crippen LogP contribution is -2.04. The van der Waals surface area contributed by atoms with Crippen molar-refractivity contribution >= 4 is 11.8 Å². The fourth-order valence-corrected chi connectivity index (χ4v) is 3.05. The van der Waals surface area contributed by atoms with Crippen LogP contribution in [0, 0.1) is 0 Å². The van der Waals surface area contributed by atoms with Crippen molar-refractivity contribution in [3.63, 3.8) is 0 Å². The third-order valence-electron chi connectivity index (χ3n) is 3.48. The van der Waals surface area contributed by atoms with Crippen LogP contribution in [0.3, 0.4) is 0 Å². The van der Waals surface area contributed by atoms with Crippen LogP contribution in [-0.2, 0) is 6.54 Å². The van der Waals surface area contributed by atoms with Gasteiger partial charge in [-0.25, -0.2) is 4.68 Å². The van der Waals surface area contributed by atoms with Crippen molar-refractivity contribution in [3.8, 4) is 11.5 Å². The molecule has 0 aliphatic rings. The molecule has 25 heavy (non-hydrogen) atoms. The summed E-state index contributed by atoms with van der Waals surface area (Å²) >= 11 is 1.45. The molecule has 9 heteroatoms. The molecule has 1 atom stereocenters. The van der Waals surface area contributed by atoms with Gasteiger partial charge in [-0.15, -0.1) is 15.3 Å². The van der Waals surface area contributed by atoms with E-state index in [1.165, 1.54) is 11.8 Å². The molecule has 0 aliphatic heterocycles. The van der Waals surface area contributed by atoms with Crippen molar-refractivity contribution in [3.05, 3.63) is 60.4 Å². The average molecular weight is 354 g/mol. The zero-order valence-corrected chi connectivity index (χ0v) is 14.1. The molecule has 0 N–H and O–H groups in total. The fraction of sp³-hybridized carbons (Fsp3) is 0.188. The Hall–Kier alpha value is -2.94. The Kier molecular flexibility index (Phi) is 4.30. The maximum absolute atomic E-state index is 5.79. The second-order valence-corrected chi connectivity index (χ2v) is 6.58. The van der Waals surface area contributed by atoms with Crippen molar-refractivity contribution in [2.45, 2.75) is 23.9 Å². The summed E-state index contributed by atoms with van der Waals surface area (Å²) in [6, 6.07) is 13.4. The predicted octanol–water partition coefficient (Wildman–Crippen LogP) is 3.22. The van der Waals surface area contributed by atoms with E-state index in [0.717, 1.165) is 11.3 Å². The first kappa shape index (κ1) is 15.6. The number of benzene rings is 1. The van der Waals surface area contributed by atoms with Crippen LogP contribution >= 0.6 is 11.8 Å². The van der Waals surface area contributed by atoms with Crippen LogP contribution in [0.4, 0.5) is 0 Å². The lowest BCUT2D eigenvalue weighted by Gasteiger charge is -2.06. The van der Waals surface area contributed by atoms with Crippen molar-refractivity contribution in [2.24, 2.45) is 0 Å². The molecule has 126 valence electrons. The standard InChI is InChI=1S/C16H14N6O2S/c1-11(14-17-18-15(24-14)12-6-3-2-4-7-12)25-16-19-20-21-22(16)10-13-8-5-9-23-13/h2-9,11H,10H2,1H3/t11-/m1/s1. The summed E-state index contributed by atoms with van der Waals surface area (Å²) in [7, 11) is 0. The summed E-state index contributed by atoms with van der Waals surface area (Å²) in [4.78, 5) is 0. The first-order valence-electron chi connectivity index (χ1n) is 7.63. The summed E-state index contributed by atoms with van der Waals surface area (Å²) in [6.07, 6.45) is 1.62. The minimum absolute atomic E-state index is 0.0914. The summed E-state index contributed by atoms with van der Waals surface area (Å²) in [5.74, 6) is 1.81. The Morgan fingerprint density at radius 2 is 1.96 bits per heavy atom. The Balaban J connectivity index is 1.49. The van der Waals surface area contributed by atoms with Gasteiger partial charge in [-0.3, -0.25) is 0 Å². The highest BCUT2D eigenvalue weighted by Gasteiger charge is 2.20. The highest BCUT2D eigenvalue weighted by molar-refractivity contribution is 7.99. The first-order chi connectivity index (χ1) is 12.3. The third-order valence-corrected chi connectivity index (χ3v) is 4.53. The molecule has 0 saturated carbocycles. The number of thioether (sulfide) groups is 1. The van der Waals surface area contributed by atoms with Crippen LogP contribution in [0.25, 0.3) is 11.5 Å². The molecule has 0 amide bonds. The molecule has 0 spiro atoms. The number of tetrazole rings is 1. The Morgan fingerprint density at radius 3 is 2.76 bits per heavy atom. The summed E-state index contributed by atoms with van der Waals surface area (Å²) in [5.41, 5.74) is 0.890. The van der Waals surface area contributed by atoms with Gasteiger partial charge in [0.2, 0.25) is 16.9 Å². The maximum Gasteiger partial charge on any atom is 0.247 e. The van der Waals surface area contributed by atoms with Crippen LogP contribution in [0.15, 0.2) is 62.7 Å². The van der Waals surface area contributed by atoms with Crippen LogP contribution in [0.5, 0.6) is 0 Å². The number of furan rings is 1. The van der Waals surface area contributed by atoms with Gasteiger partial charge in [0.05, 0.1) is 11.5 Å². The van der Waals surface area contributed by atoms with E-state index in [1.54, 1.807) is 10.9 Å². The van der Waals surface area contributed by atoms with Gasteiger partial charge in [0.1, 0.15) is 12.3 Å². The minimum Gasteiger partial charge on any atom is -0.467 e. The predicted molar refractivity (Wildman–Crippen MR) is 89.6 cm³/mol. The molecule has 8 nitrogen and oxygen atoms in total. The molecule has 0 radical (unpaired) electrons. The number of hydrogen-bond donors (Lipinski definition) is 0. The highest BCUT2D eigenvalue weighted by atomic mass is 32.2. The molecule has 0 bridgehead atoms. The summed E-state index contributed by atoms with van der Waals surface area (Å²) in [6.45, 7) is 2.44. The van der Waals surface area contributed by atoms with Crippen LogP contribution in [-0.4, -0.2) is 30.4 Å². The van der Waals surface area contributed by atoms with Gasteiger partial charge in [-0.1, -0.05) is 30.0 Å². The van der Waals surface area contributed by atoms with Crippen molar-refractivity contribution in [2.75, 3.05) is 0 Å². The lowest BCUT2D eigenvalue weighted by atomic mass is 10.2. The Morgan fingerprint density at radius 1 is 1.08 bits per heavy atom. The molecule has 3 aromatic heterocycles. The molecule has 0 fully saturated rings. The molecule has 4 rings (SSSR count). The average Bonchev–Trinajstić information content (AvgIpc) is 3.38. The van der Waals surface area contributed by atoms with E-state index in [9.17, 15) is 0 Å². The summed E-state index contributed by atoms with van der Waals surface area (Å²) < 4.78 is 12.8. The van der Waals surface area contributed by atoms with Crippen LogP contribution in [0.1, 0.15) is 23.8 Å². The second kappa shape index (κ2) is 6.89. The van der Waals surface area contributed by atoms with Gasteiger partial charge < -0.3 is 8.83 Å². The molecule has 0 aliphatic carbocycles. The lowest BCUT2D eigenvalue weighted by molar-refractivity contribution is 0.462. The van der Waals surface area contributed by atoms with Gasteiger partial charge in [0.25, 0.3) is 0 Å². The molecular formula is C16H14N6O2S. The van der Waals surface area contributed by atoms with Crippen LogP contribution < -0.4 is 0 Å². The van der Waals surface area contributed by atoms with Crippen molar-refractivity contribution in [1.29, 1.82) is 0 Å². The quantitative estimate of drug-likeness (QED) is 0.487.